The molecule has 0 spiro atoms. The number of ketones is 1. The molecule has 3 aromatic rings. The second-order valence-electron chi connectivity index (χ2n) is 7.77. The predicted molar refractivity (Wildman–Crippen MR) is 113 cm³/mol. The molecule has 7 nitrogen and oxygen atoms in total. The largest absolute Gasteiger partial charge is 0.381 e. The normalized spacial score (nSPS) is 14.7. The molecule has 0 bridgehead atoms. The quantitative estimate of drug-likeness (QED) is 0.666. The predicted octanol–water partition coefficient (Wildman–Crippen LogP) is 4.06. The minimum absolute atomic E-state index is 0.0989. The van der Waals surface area contributed by atoms with Crippen LogP contribution in [0.15, 0.2) is 53.9 Å². The summed E-state index contributed by atoms with van der Waals surface area (Å²) in [5.74, 6) is -2.65. The second kappa shape index (κ2) is 7.92. The summed E-state index contributed by atoms with van der Waals surface area (Å²) in [5, 5.41) is 6.35. The fourth-order valence-electron chi connectivity index (χ4n) is 3.15. The molecule has 0 fully saturated rings. The number of Topliss-reactive ketones (excluding diaryl/α,β-unsaturated/α-hetero) is 1. The van der Waals surface area contributed by atoms with Crippen molar-refractivity contribution in [3.8, 4) is 11.3 Å². The van der Waals surface area contributed by atoms with Crippen LogP contribution in [0.3, 0.4) is 0 Å². The summed E-state index contributed by atoms with van der Waals surface area (Å²) in [7, 11) is 0. The van der Waals surface area contributed by atoms with Gasteiger partial charge in [0.25, 0.3) is 5.91 Å². The first-order valence-corrected chi connectivity index (χ1v) is 9.66. The number of rotatable bonds is 4. The Bertz CT molecular complexity index is 1270. The van der Waals surface area contributed by atoms with Gasteiger partial charge in [0.05, 0.1) is 23.7 Å². The third-order valence-corrected chi connectivity index (χ3v) is 4.98. The van der Waals surface area contributed by atoms with Crippen molar-refractivity contribution in [2.45, 2.75) is 26.4 Å². The Labute approximate surface area is 182 Å². The maximum Gasteiger partial charge on any atom is 0.259 e. The van der Waals surface area contributed by atoms with Gasteiger partial charge in [-0.1, -0.05) is 17.3 Å². The Morgan fingerprint density at radius 1 is 1.06 bits per heavy atom. The highest BCUT2D eigenvalue weighted by Crippen LogP contribution is 2.27. The number of benzene rings is 2. The highest BCUT2D eigenvalue weighted by atomic mass is 19.1. The number of anilines is 1. The van der Waals surface area contributed by atoms with Crippen LogP contribution in [0.5, 0.6) is 0 Å². The maximum atomic E-state index is 13.8. The van der Waals surface area contributed by atoms with Crippen LogP contribution in [0.2, 0.25) is 0 Å². The van der Waals surface area contributed by atoms with Gasteiger partial charge in [-0.2, -0.15) is 0 Å². The maximum absolute atomic E-state index is 13.8. The number of aryl methyl sites for hydroxylation is 1. The van der Waals surface area contributed by atoms with Crippen molar-refractivity contribution < 1.29 is 23.2 Å². The first-order chi connectivity index (χ1) is 15.2. The van der Waals surface area contributed by atoms with E-state index in [4.69, 9.17) is 4.84 Å². The van der Waals surface area contributed by atoms with E-state index in [0.717, 1.165) is 23.3 Å². The number of carbonyl (C=O) groups is 2. The molecule has 1 aromatic heterocycles. The smallest absolute Gasteiger partial charge is 0.259 e. The molecule has 0 atom stereocenters. The van der Waals surface area contributed by atoms with Crippen molar-refractivity contribution in [1.29, 1.82) is 0 Å². The van der Waals surface area contributed by atoms with Crippen molar-refractivity contribution in [2.75, 3.05) is 5.32 Å². The monoisotopic (exact) mass is 436 g/mol. The van der Waals surface area contributed by atoms with E-state index in [1.165, 1.54) is 12.4 Å². The number of hydrogen-bond donors (Lipinski definition) is 1. The van der Waals surface area contributed by atoms with Crippen LogP contribution in [0, 0.1) is 18.6 Å². The van der Waals surface area contributed by atoms with Crippen LogP contribution in [0.4, 0.5) is 14.6 Å². The molecule has 1 aliphatic rings. The Morgan fingerprint density at radius 2 is 1.84 bits per heavy atom. The second-order valence-corrected chi connectivity index (χ2v) is 7.77. The van der Waals surface area contributed by atoms with Gasteiger partial charge in [-0.25, -0.2) is 13.8 Å². The number of oxime groups is 1. The molecule has 162 valence electrons. The highest BCUT2D eigenvalue weighted by Gasteiger charge is 2.40. The summed E-state index contributed by atoms with van der Waals surface area (Å²) in [5.41, 5.74) is 1.61. The molecule has 0 saturated heterocycles. The SMILES string of the molecule is Cc1ccc(C2=NOC(C)(C)C2=O)cc1-c1cnc(NC(=O)c2ccc(F)cc2F)cn1. The van der Waals surface area contributed by atoms with E-state index in [1.807, 2.05) is 13.0 Å². The number of nitrogens with zero attached hydrogens (tertiary/aromatic N) is 3. The van der Waals surface area contributed by atoms with E-state index >= 15 is 0 Å². The molecule has 2 heterocycles. The lowest BCUT2D eigenvalue weighted by Crippen LogP contribution is -2.33. The Hall–Kier alpha value is -4.01. The Morgan fingerprint density at radius 3 is 2.47 bits per heavy atom. The highest BCUT2D eigenvalue weighted by molar-refractivity contribution is 6.49. The number of amides is 1. The van der Waals surface area contributed by atoms with Crippen LogP contribution < -0.4 is 5.32 Å². The van der Waals surface area contributed by atoms with E-state index in [-0.39, 0.29) is 22.9 Å². The van der Waals surface area contributed by atoms with Gasteiger partial charge in [0.2, 0.25) is 5.78 Å². The summed E-state index contributed by atoms with van der Waals surface area (Å²) < 4.78 is 26.8. The molecular weight excluding hydrogens is 418 g/mol. The van der Waals surface area contributed by atoms with Gasteiger partial charge in [0.15, 0.2) is 17.1 Å². The minimum Gasteiger partial charge on any atom is -0.381 e. The molecule has 0 radical (unpaired) electrons. The summed E-state index contributed by atoms with van der Waals surface area (Å²) in [6, 6.07) is 8.06. The van der Waals surface area contributed by atoms with Crippen LogP contribution in [-0.2, 0) is 9.63 Å². The number of carbonyl (C=O) groups excluding carboxylic acids is 2. The van der Waals surface area contributed by atoms with E-state index in [9.17, 15) is 18.4 Å². The average molecular weight is 436 g/mol. The van der Waals surface area contributed by atoms with E-state index < -0.39 is 23.1 Å². The molecular formula is C23H18F2N4O3. The summed E-state index contributed by atoms with van der Waals surface area (Å²) >= 11 is 0. The third kappa shape index (κ3) is 3.96. The van der Waals surface area contributed by atoms with E-state index in [2.05, 4.69) is 20.4 Å². The van der Waals surface area contributed by atoms with Crippen molar-refractivity contribution in [2.24, 2.45) is 5.16 Å². The minimum atomic E-state index is -1.01. The van der Waals surface area contributed by atoms with Crippen LogP contribution in [-0.4, -0.2) is 33.0 Å². The lowest BCUT2D eigenvalue weighted by Gasteiger charge is -2.12. The molecule has 1 aliphatic heterocycles. The van der Waals surface area contributed by atoms with Crippen LogP contribution in [0.25, 0.3) is 11.3 Å². The van der Waals surface area contributed by atoms with E-state index in [1.54, 1.807) is 26.0 Å². The van der Waals surface area contributed by atoms with Crippen molar-refractivity contribution >= 4 is 23.2 Å². The average Bonchev–Trinajstić information content (AvgIpc) is 3.02. The number of aromatic nitrogens is 2. The van der Waals surface area contributed by atoms with Gasteiger partial charge in [0.1, 0.15) is 11.6 Å². The van der Waals surface area contributed by atoms with Gasteiger partial charge in [-0.05, 0) is 44.5 Å². The third-order valence-electron chi connectivity index (χ3n) is 4.98. The Balaban J connectivity index is 1.57. The summed E-state index contributed by atoms with van der Waals surface area (Å²) in [4.78, 5) is 38.4. The fraction of sp³-hybridized carbons (Fsp3) is 0.174. The van der Waals surface area contributed by atoms with Crippen LogP contribution >= 0.6 is 0 Å². The molecule has 0 unspecified atom stereocenters. The lowest BCUT2D eigenvalue weighted by molar-refractivity contribution is -0.128. The zero-order valence-electron chi connectivity index (χ0n) is 17.4. The molecule has 2 aromatic carbocycles. The fourth-order valence-corrected chi connectivity index (χ4v) is 3.15. The van der Waals surface area contributed by atoms with Crippen molar-refractivity contribution in [3.63, 3.8) is 0 Å². The zero-order chi connectivity index (χ0) is 23.0. The van der Waals surface area contributed by atoms with Crippen molar-refractivity contribution in [3.05, 3.63) is 77.1 Å². The number of halogens is 2. The zero-order valence-corrected chi connectivity index (χ0v) is 17.4. The van der Waals surface area contributed by atoms with Gasteiger partial charge in [-0.15, -0.1) is 0 Å². The van der Waals surface area contributed by atoms with Gasteiger partial charge in [0, 0.05) is 17.2 Å². The summed E-state index contributed by atoms with van der Waals surface area (Å²) in [6.45, 7) is 5.18. The number of hydrogen-bond acceptors (Lipinski definition) is 6. The molecule has 32 heavy (non-hydrogen) atoms. The molecule has 1 amide bonds. The van der Waals surface area contributed by atoms with Crippen LogP contribution in [0.1, 0.15) is 35.3 Å². The molecule has 4 rings (SSSR count). The Kier molecular flexibility index (Phi) is 5.25. The van der Waals surface area contributed by atoms with Gasteiger partial charge in [-0.3, -0.25) is 14.6 Å². The van der Waals surface area contributed by atoms with Gasteiger partial charge < -0.3 is 10.2 Å². The topological polar surface area (TPSA) is 93.5 Å². The molecule has 0 aliphatic carbocycles. The molecule has 9 heteroatoms. The molecule has 1 N–H and O–H groups in total. The molecule has 0 saturated carbocycles. The first kappa shape index (κ1) is 21.2. The summed E-state index contributed by atoms with van der Waals surface area (Å²) in [6.07, 6.45) is 2.77. The van der Waals surface area contributed by atoms with Gasteiger partial charge >= 0.3 is 0 Å². The van der Waals surface area contributed by atoms with Crippen molar-refractivity contribution in [1.82, 2.24) is 9.97 Å². The van der Waals surface area contributed by atoms with E-state index in [0.29, 0.717) is 17.3 Å². The standard InChI is InChI=1S/C23H18F2N4O3/c1-12-4-5-13(20-21(30)23(2,3)32-29-20)8-16(12)18-10-27-19(11-26-18)28-22(31)15-7-6-14(24)9-17(15)25/h4-11H,1-3H3,(H,27,28,31). The first-order valence-electron chi connectivity index (χ1n) is 9.66. The number of nitrogens with one attached hydrogen (secondary N) is 1. The lowest BCUT2D eigenvalue weighted by atomic mass is 9.93.